The zero-order valence-corrected chi connectivity index (χ0v) is 17.1. The van der Waals surface area contributed by atoms with Crippen LogP contribution in [0.2, 0.25) is 0 Å². The number of nitrogens with zero attached hydrogens (tertiary/aromatic N) is 4. The van der Waals surface area contributed by atoms with Gasteiger partial charge in [0, 0.05) is 25.8 Å². The van der Waals surface area contributed by atoms with Gasteiger partial charge in [-0.15, -0.1) is 0 Å². The smallest absolute Gasteiger partial charge is 0.263 e. The van der Waals surface area contributed by atoms with Gasteiger partial charge in [0.1, 0.15) is 5.56 Å². The van der Waals surface area contributed by atoms with Gasteiger partial charge in [0.05, 0.1) is 18.4 Å². The van der Waals surface area contributed by atoms with Crippen molar-refractivity contribution in [3.8, 4) is 0 Å². The number of carbonyl (C=O) groups is 1. The van der Waals surface area contributed by atoms with Crippen molar-refractivity contribution in [3.05, 3.63) is 45.6 Å². The van der Waals surface area contributed by atoms with E-state index < -0.39 is 0 Å². The summed E-state index contributed by atoms with van der Waals surface area (Å²) < 4.78 is 3.55. The Morgan fingerprint density at radius 3 is 2.69 bits per heavy atom. The maximum atomic E-state index is 12.8. The fourth-order valence-electron chi connectivity index (χ4n) is 2.92. The molecule has 2 heterocycles. The lowest BCUT2D eigenvalue weighted by molar-refractivity contribution is 0.0947. The molecule has 1 atom stereocenters. The van der Waals surface area contributed by atoms with Crippen LogP contribution in [0.1, 0.15) is 34.6 Å². The Kier molecular flexibility index (Phi) is 6.66. The Bertz CT molecular complexity index is 841. The molecule has 0 saturated carbocycles. The number of amides is 1. The third-order valence-corrected chi connectivity index (χ3v) is 5.06. The molecule has 0 aliphatic heterocycles. The second-order valence-corrected chi connectivity index (χ2v) is 7.45. The minimum absolute atomic E-state index is 0.0224. The molecule has 142 valence electrons. The fraction of sp³-hybridized carbons (Fsp3) is 0.500. The first kappa shape index (κ1) is 20.3. The van der Waals surface area contributed by atoms with E-state index in [1.165, 1.54) is 0 Å². The quantitative estimate of drug-likeness (QED) is 0.743. The SMILES string of the molecule is CSc1ncc(CNC(=O)c2c(C)ccn(C(C)CN(C)C)c2=O)n1C. The molecule has 2 aromatic rings. The number of hydrogen-bond acceptors (Lipinski definition) is 5. The number of thioether (sulfide) groups is 1. The summed E-state index contributed by atoms with van der Waals surface area (Å²) in [4.78, 5) is 31.8. The van der Waals surface area contributed by atoms with Crippen molar-refractivity contribution in [2.24, 2.45) is 7.05 Å². The van der Waals surface area contributed by atoms with Gasteiger partial charge in [-0.2, -0.15) is 0 Å². The van der Waals surface area contributed by atoms with Crippen LogP contribution in [0.3, 0.4) is 0 Å². The molecule has 0 fully saturated rings. The van der Waals surface area contributed by atoms with Gasteiger partial charge in [-0.1, -0.05) is 11.8 Å². The summed E-state index contributed by atoms with van der Waals surface area (Å²) in [6.45, 7) is 4.80. The number of rotatable bonds is 7. The average molecular weight is 378 g/mol. The van der Waals surface area contributed by atoms with Crippen molar-refractivity contribution < 1.29 is 4.79 Å². The van der Waals surface area contributed by atoms with Gasteiger partial charge >= 0.3 is 0 Å². The molecule has 0 aromatic carbocycles. The summed E-state index contributed by atoms with van der Waals surface area (Å²) in [5.74, 6) is -0.356. The summed E-state index contributed by atoms with van der Waals surface area (Å²) in [6.07, 6.45) is 5.45. The van der Waals surface area contributed by atoms with Gasteiger partial charge in [-0.3, -0.25) is 9.59 Å². The molecule has 0 aliphatic rings. The highest BCUT2D eigenvalue weighted by atomic mass is 32.2. The molecular weight excluding hydrogens is 350 g/mol. The van der Waals surface area contributed by atoms with Crippen molar-refractivity contribution in [1.82, 2.24) is 24.3 Å². The highest BCUT2D eigenvalue weighted by Crippen LogP contribution is 2.14. The second-order valence-electron chi connectivity index (χ2n) is 6.68. The Morgan fingerprint density at radius 1 is 1.42 bits per heavy atom. The molecule has 0 aliphatic carbocycles. The van der Waals surface area contributed by atoms with Crippen molar-refractivity contribution in [3.63, 3.8) is 0 Å². The third kappa shape index (κ3) is 4.37. The van der Waals surface area contributed by atoms with E-state index in [1.54, 1.807) is 35.6 Å². The normalized spacial score (nSPS) is 12.4. The topological polar surface area (TPSA) is 72.2 Å². The van der Waals surface area contributed by atoms with E-state index in [-0.39, 0.29) is 23.1 Å². The number of likely N-dealkylation sites (N-methyl/N-ethyl adjacent to an activating group) is 1. The van der Waals surface area contributed by atoms with E-state index in [1.807, 2.05) is 49.9 Å². The summed E-state index contributed by atoms with van der Waals surface area (Å²) in [5.41, 5.74) is 1.50. The predicted molar refractivity (Wildman–Crippen MR) is 105 cm³/mol. The molecule has 1 amide bonds. The zero-order chi connectivity index (χ0) is 19.4. The molecule has 0 bridgehead atoms. The number of pyridine rings is 1. The standard InChI is InChI=1S/C18H27N5O2S/c1-12-7-8-23(13(2)11-21(3)4)17(25)15(12)16(24)19-9-14-10-20-18(26-6)22(14)5/h7-8,10,13H,9,11H2,1-6H3,(H,19,24). The lowest BCUT2D eigenvalue weighted by Gasteiger charge is -2.20. The molecule has 7 nitrogen and oxygen atoms in total. The van der Waals surface area contributed by atoms with Crippen molar-refractivity contribution in [1.29, 1.82) is 0 Å². The first-order valence-electron chi connectivity index (χ1n) is 8.45. The fourth-order valence-corrected chi connectivity index (χ4v) is 3.47. The molecule has 1 N–H and O–H groups in total. The van der Waals surface area contributed by atoms with Crippen LogP contribution in [0, 0.1) is 6.92 Å². The lowest BCUT2D eigenvalue weighted by atomic mass is 10.1. The van der Waals surface area contributed by atoms with E-state index in [0.29, 0.717) is 12.1 Å². The summed E-state index contributed by atoms with van der Waals surface area (Å²) in [6, 6.07) is 1.80. The maximum absolute atomic E-state index is 12.8. The van der Waals surface area contributed by atoms with E-state index in [2.05, 4.69) is 10.3 Å². The van der Waals surface area contributed by atoms with Crippen LogP contribution in [0.4, 0.5) is 0 Å². The molecule has 1 unspecified atom stereocenters. The lowest BCUT2D eigenvalue weighted by Crippen LogP contribution is -2.37. The van der Waals surface area contributed by atoms with Crippen molar-refractivity contribution in [2.75, 3.05) is 26.9 Å². The zero-order valence-electron chi connectivity index (χ0n) is 16.2. The van der Waals surface area contributed by atoms with Crippen LogP contribution >= 0.6 is 11.8 Å². The van der Waals surface area contributed by atoms with Gasteiger partial charge < -0.3 is 19.4 Å². The summed E-state index contributed by atoms with van der Waals surface area (Å²) in [5, 5.41) is 3.73. The molecule has 8 heteroatoms. The van der Waals surface area contributed by atoms with Gasteiger partial charge in [0.2, 0.25) is 0 Å². The Hall–Kier alpha value is -2.06. The Labute approximate surface area is 158 Å². The van der Waals surface area contributed by atoms with E-state index in [4.69, 9.17) is 0 Å². The molecule has 0 radical (unpaired) electrons. The van der Waals surface area contributed by atoms with Crippen LogP contribution in [0.5, 0.6) is 0 Å². The highest BCUT2D eigenvalue weighted by molar-refractivity contribution is 7.98. The number of hydrogen-bond donors (Lipinski definition) is 1. The van der Waals surface area contributed by atoms with Crippen molar-refractivity contribution >= 4 is 17.7 Å². The first-order chi connectivity index (χ1) is 12.3. The summed E-state index contributed by atoms with van der Waals surface area (Å²) in [7, 11) is 5.82. The van der Waals surface area contributed by atoms with E-state index in [9.17, 15) is 9.59 Å². The molecule has 2 aromatic heterocycles. The summed E-state index contributed by atoms with van der Waals surface area (Å²) >= 11 is 1.54. The first-order valence-corrected chi connectivity index (χ1v) is 9.68. The van der Waals surface area contributed by atoms with Gasteiger partial charge in [0.25, 0.3) is 11.5 Å². The molecule has 26 heavy (non-hydrogen) atoms. The molecular formula is C18H27N5O2S. The van der Waals surface area contributed by atoms with Crippen LogP contribution in [-0.4, -0.2) is 51.8 Å². The van der Waals surface area contributed by atoms with Crippen LogP contribution in [0.15, 0.2) is 28.4 Å². The number of carbonyl (C=O) groups excluding carboxylic acids is 1. The minimum atomic E-state index is -0.356. The van der Waals surface area contributed by atoms with E-state index >= 15 is 0 Å². The van der Waals surface area contributed by atoms with Gasteiger partial charge in [0.15, 0.2) is 5.16 Å². The Morgan fingerprint density at radius 2 is 2.12 bits per heavy atom. The second kappa shape index (κ2) is 8.55. The highest BCUT2D eigenvalue weighted by Gasteiger charge is 2.18. The largest absolute Gasteiger partial charge is 0.346 e. The monoisotopic (exact) mass is 377 g/mol. The van der Waals surface area contributed by atoms with E-state index in [0.717, 1.165) is 17.4 Å². The predicted octanol–water partition coefficient (Wildman–Crippen LogP) is 1.66. The van der Waals surface area contributed by atoms with Gasteiger partial charge in [-0.05, 0) is 45.8 Å². The van der Waals surface area contributed by atoms with Crippen LogP contribution in [0.25, 0.3) is 0 Å². The number of imidazole rings is 1. The number of nitrogens with one attached hydrogen (secondary N) is 1. The number of aryl methyl sites for hydroxylation is 1. The van der Waals surface area contributed by atoms with Crippen LogP contribution < -0.4 is 10.9 Å². The molecule has 2 rings (SSSR count). The molecule has 0 spiro atoms. The van der Waals surface area contributed by atoms with Gasteiger partial charge in [-0.25, -0.2) is 4.98 Å². The average Bonchev–Trinajstić information content (AvgIpc) is 2.92. The minimum Gasteiger partial charge on any atom is -0.346 e. The Balaban J connectivity index is 2.22. The molecule has 0 saturated heterocycles. The van der Waals surface area contributed by atoms with Crippen LogP contribution in [-0.2, 0) is 13.6 Å². The number of aromatic nitrogens is 3. The van der Waals surface area contributed by atoms with Crippen molar-refractivity contribution in [2.45, 2.75) is 31.6 Å². The third-order valence-electron chi connectivity index (χ3n) is 4.31. The maximum Gasteiger partial charge on any atom is 0.263 e.